The van der Waals surface area contributed by atoms with Crippen molar-refractivity contribution >= 4 is 0 Å². The van der Waals surface area contributed by atoms with Crippen LogP contribution < -0.4 is 4.74 Å². The highest BCUT2D eigenvalue weighted by molar-refractivity contribution is 5.31. The Bertz CT molecular complexity index is 515. The van der Waals surface area contributed by atoms with Crippen LogP contribution in [-0.4, -0.2) is 5.11 Å². The van der Waals surface area contributed by atoms with Gasteiger partial charge >= 0.3 is 0 Å². The molecule has 1 unspecified atom stereocenters. The van der Waals surface area contributed by atoms with Gasteiger partial charge in [-0.1, -0.05) is 17.7 Å². The van der Waals surface area contributed by atoms with Gasteiger partial charge in [-0.3, -0.25) is 0 Å². The molecule has 0 aromatic heterocycles. The molecule has 1 atom stereocenters. The van der Waals surface area contributed by atoms with E-state index in [-0.39, 0.29) is 5.75 Å². The molecule has 0 saturated heterocycles. The number of alkyl halides is 1. The summed E-state index contributed by atoms with van der Waals surface area (Å²) in [4.78, 5) is 0. The minimum absolute atomic E-state index is 0.102. The predicted molar refractivity (Wildman–Crippen MR) is 68.4 cm³/mol. The maximum atomic E-state index is 14.4. The second kappa shape index (κ2) is 4.69. The second-order valence-electron chi connectivity index (χ2n) is 4.38. The van der Waals surface area contributed by atoms with Gasteiger partial charge in [-0.25, -0.2) is 0 Å². The Morgan fingerprint density at radius 2 is 1.56 bits per heavy atom. The summed E-state index contributed by atoms with van der Waals surface area (Å²) in [6, 6.07) is 13.1. The van der Waals surface area contributed by atoms with E-state index in [1.54, 1.807) is 12.1 Å². The normalized spacial score (nSPS) is 13.9. The first-order valence-electron chi connectivity index (χ1n) is 5.71. The lowest BCUT2D eigenvalue weighted by Gasteiger charge is -2.22. The Hall–Kier alpha value is -2.03. The number of aromatic hydroxyl groups is 1. The van der Waals surface area contributed by atoms with Crippen LogP contribution in [0, 0.1) is 6.92 Å². The molecule has 0 radical (unpaired) electrons. The first-order chi connectivity index (χ1) is 8.47. The monoisotopic (exact) mass is 246 g/mol. The fourth-order valence-corrected chi connectivity index (χ4v) is 1.65. The van der Waals surface area contributed by atoms with Gasteiger partial charge in [0.2, 0.25) is 0 Å². The average molecular weight is 246 g/mol. The maximum Gasteiger partial charge on any atom is 0.271 e. The molecule has 2 rings (SSSR count). The van der Waals surface area contributed by atoms with Gasteiger partial charge in [0.25, 0.3) is 5.85 Å². The highest BCUT2D eigenvalue weighted by atomic mass is 19.2. The molecule has 0 heterocycles. The molecule has 0 saturated carbocycles. The zero-order valence-electron chi connectivity index (χ0n) is 10.4. The van der Waals surface area contributed by atoms with E-state index in [2.05, 4.69) is 0 Å². The Labute approximate surface area is 106 Å². The molecule has 1 N–H and O–H groups in total. The molecule has 3 heteroatoms. The summed E-state index contributed by atoms with van der Waals surface area (Å²) in [5.74, 6) is -1.35. The van der Waals surface area contributed by atoms with E-state index in [4.69, 9.17) is 4.74 Å². The zero-order chi connectivity index (χ0) is 13.2. The number of phenols is 1. The number of benzene rings is 2. The largest absolute Gasteiger partial charge is 0.508 e. The molecule has 0 aliphatic rings. The maximum absolute atomic E-state index is 14.4. The predicted octanol–water partition coefficient (Wildman–Crippen LogP) is 3.92. The molecule has 0 bridgehead atoms. The molecule has 0 spiro atoms. The molecule has 2 nitrogen and oxygen atoms in total. The van der Waals surface area contributed by atoms with Crippen LogP contribution in [0.25, 0.3) is 0 Å². The van der Waals surface area contributed by atoms with Crippen molar-refractivity contribution in [1.29, 1.82) is 0 Å². The average Bonchev–Trinajstić information content (AvgIpc) is 2.32. The third-order valence-electron chi connectivity index (χ3n) is 2.71. The zero-order valence-corrected chi connectivity index (χ0v) is 10.4. The van der Waals surface area contributed by atoms with Gasteiger partial charge in [0.1, 0.15) is 11.5 Å². The van der Waals surface area contributed by atoms with Gasteiger partial charge in [0.05, 0.1) is 0 Å². The van der Waals surface area contributed by atoms with Crippen molar-refractivity contribution in [2.24, 2.45) is 0 Å². The van der Waals surface area contributed by atoms with E-state index in [1.165, 1.54) is 31.2 Å². The van der Waals surface area contributed by atoms with Gasteiger partial charge in [0.15, 0.2) is 0 Å². The van der Waals surface area contributed by atoms with Crippen molar-refractivity contribution in [2.45, 2.75) is 19.7 Å². The lowest BCUT2D eigenvalue weighted by molar-refractivity contribution is -0.0505. The van der Waals surface area contributed by atoms with E-state index >= 15 is 0 Å². The molecule has 0 fully saturated rings. The van der Waals surface area contributed by atoms with E-state index in [9.17, 15) is 9.50 Å². The van der Waals surface area contributed by atoms with Crippen LogP contribution in [0.15, 0.2) is 48.5 Å². The quantitative estimate of drug-likeness (QED) is 0.889. The molecule has 0 aliphatic heterocycles. The number of rotatable bonds is 3. The van der Waals surface area contributed by atoms with Crippen molar-refractivity contribution in [3.63, 3.8) is 0 Å². The molecular weight excluding hydrogens is 231 g/mol. The summed E-state index contributed by atoms with van der Waals surface area (Å²) in [6.45, 7) is 3.30. The number of hydrogen-bond donors (Lipinski definition) is 1. The highest BCUT2D eigenvalue weighted by Crippen LogP contribution is 2.30. The minimum Gasteiger partial charge on any atom is -0.508 e. The third-order valence-corrected chi connectivity index (χ3v) is 2.71. The van der Waals surface area contributed by atoms with E-state index in [0.717, 1.165) is 5.56 Å². The van der Waals surface area contributed by atoms with Gasteiger partial charge in [0, 0.05) is 12.5 Å². The summed E-state index contributed by atoms with van der Waals surface area (Å²) < 4.78 is 19.8. The molecule has 0 aliphatic carbocycles. The Morgan fingerprint density at radius 1 is 1.00 bits per heavy atom. The Kier molecular flexibility index (Phi) is 3.24. The van der Waals surface area contributed by atoms with Crippen molar-refractivity contribution < 1.29 is 14.2 Å². The number of aryl methyl sites for hydroxylation is 1. The Balaban J connectivity index is 2.20. The highest BCUT2D eigenvalue weighted by Gasteiger charge is 2.27. The fourth-order valence-electron chi connectivity index (χ4n) is 1.65. The summed E-state index contributed by atoms with van der Waals surface area (Å²) in [7, 11) is 0. The van der Waals surface area contributed by atoms with Crippen molar-refractivity contribution in [3.8, 4) is 11.5 Å². The summed E-state index contributed by atoms with van der Waals surface area (Å²) in [6.07, 6.45) is 0. The first-order valence-corrected chi connectivity index (χ1v) is 5.71. The topological polar surface area (TPSA) is 29.5 Å². The fraction of sp³-hybridized carbons (Fsp3) is 0.200. The molecule has 0 amide bonds. The van der Waals surface area contributed by atoms with E-state index < -0.39 is 5.85 Å². The second-order valence-corrected chi connectivity index (χ2v) is 4.38. The summed E-state index contributed by atoms with van der Waals surface area (Å²) >= 11 is 0. The van der Waals surface area contributed by atoms with Crippen molar-refractivity contribution in [3.05, 3.63) is 59.7 Å². The summed E-state index contributed by atoms with van der Waals surface area (Å²) in [5, 5.41) is 9.18. The van der Waals surface area contributed by atoms with Crippen molar-refractivity contribution in [2.75, 3.05) is 0 Å². The number of hydrogen-bond acceptors (Lipinski definition) is 2. The smallest absolute Gasteiger partial charge is 0.271 e. The van der Waals surface area contributed by atoms with Crippen LogP contribution in [0.3, 0.4) is 0 Å². The molecule has 2 aromatic carbocycles. The Morgan fingerprint density at radius 3 is 2.11 bits per heavy atom. The number of ether oxygens (including phenoxy) is 1. The van der Waals surface area contributed by atoms with Crippen LogP contribution in [-0.2, 0) is 5.85 Å². The van der Waals surface area contributed by atoms with Crippen molar-refractivity contribution in [1.82, 2.24) is 0 Å². The van der Waals surface area contributed by atoms with Gasteiger partial charge < -0.3 is 9.84 Å². The van der Waals surface area contributed by atoms with Crippen LogP contribution >= 0.6 is 0 Å². The van der Waals surface area contributed by atoms with Gasteiger partial charge in [-0.15, -0.1) is 0 Å². The molecule has 2 aromatic rings. The lowest BCUT2D eigenvalue weighted by Crippen LogP contribution is -2.23. The molecule has 94 valence electrons. The number of phenolic OH excluding ortho intramolecular Hbond substituents is 1. The number of halogens is 1. The summed E-state index contributed by atoms with van der Waals surface area (Å²) in [5.41, 5.74) is 1.45. The van der Waals surface area contributed by atoms with E-state index in [1.807, 2.05) is 19.1 Å². The van der Waals surface area contributed by atoms with Gasteiger partial charge in [-0.2, -0.15) is 4.39 Å². The van der Waals surface area contributed by atoms with E-state index in [0.29, 0.717) is 11.3 Å². The first kappa shape index (κ1) is 12.4. The standard InChI is InChI=1S/C15H15FO2/c1-11-3-9-14(10-4-11)18-15(2,16)12-5-7-13(17)8-6-12/h3-10,17H,1-2H3. The lowest BCUT2D eigenvalue weighted by atomic mass is 10.1. The third kappa shape index (κ3) is 2.80. The van der Waals surface area contributed by atoms with Crippen LogP contribution in [0.5, 0.6) is 11.5 Å². The molecular formula is C15H15FO2. The molecule has 18 heavy (non-hydrogen) atoms. The SMILES string of the molecule is Cc1ccc(OC(C)(F)c2ccc(O)cc2)cc1. The minimum atomic E-state index is -1.93. The van der Waals surface area contributed by atoms with Crippen LogP contribution in [0.2, 0.25) is 0 Å². The van der Waals surface area contributed by atoms with Gasteiger partial charge in [-0.05, 0) is 43.3 Å². The van der Waals surface area contributed by atoms with Crippen LogP contribution in [0.4, 0.5) is 4.39 Å². The van der Waals surface area contributed by atoms with Crippen LogP contribution in [0.1, 0.15) is 18.1 Å².